The van der Waals surface area contributed by atoms with Crippen LogP contribution in [0.25, 0.3) is 11.0 Å². The third kappa shape index (κ3) is 2.04. The predicted molar refractivity (Wildman–Crippen MR) is 76.0 cm³/mol. The Kier molecular flexibility index (Phi) is 2.87. The van der Waals surface area contributed by atoms with Gasteiger partial charge in [0.05, 0.1) is 25.4 Å². The molecule has 0 radical (unpaired) electrons. The second-order valence-electron chi connectivity index (χ2n) is 4.39. The van der Waals surface area contributed by atoms with Crippen LogP contribution in [-0.2, 0) is 13.6 Å². The first-order valence-electron chi connectivity index (χ1n) is 5.92. The van der Waals surface area contributed by atoms with Gasteiger partial charge in [-0.1, -0.05) is 6.07 Å². The highest BCUT2D eigenvalue weighted by Crippen LogP contribution is 2.25. The zero-order valence-electron chi connectivity index (χ0n) is 10.8. The number of aromatic amines is 1. The van der Waals surface area contributed by atoms with Gasteiger partial charge in [-0.15, -0.1) is 0 Å². The quantitative estimate of drug-likeness (QED) is 0.746. The van der Waals surface area contributed by atoms with Crippen LogP contribution in [0.15, 0.2) is 30.6 Å². The Bertz CT molecular complexity index is 783. The fourth-order valence-electron chi connectivity index (χ4n) is 2.22. The van der Waals surface area contributed by atoms with E-state index >= 15 is 0 Å². The van der Waals surface area contributed by atoms with E-state index in [0.717, 1.165) is 22.3 Å². The Morgan fingerprint density at radius 3 is 2.95 bits per heavy atom. The first kappa shape index (κ1) is 12.0. The summed E-state index contributed by atoms with van der Waals surface area (Å²) in [5.74, 6) is 0.800. The first-order chi connectivity index (χ1) is 9.19. The molecular weight excluding hydrogens is 260 g/mol. The molecule has 98 valence electrons. The number of ether oxygens (including phenoxy) is 1. The lowest BCUT2D eigenvalue weighted by atomic mass is 10.3. The average molecular weight is 274 g/mol. The van der Waals surface area contributed by atoms with Crippen LogP contribution < -0.4 is 4.74 Å². The van der Waals surface area contributed by atoms with Crippen LogP contribution in [0.5, 0.6) is 5.75 Å². The topological polar surface area (TPSA) is 47.8 Å². The fourth-order valence-corrected chi connectivity index (χ4v) is 2.48. The van der Waals surface area contributed by atoms with Gasteiger partial charge in [0.15, 0.2) is 4.77 Å². The predicted octanol–water partition coefficient (Wildman–Crippen LogP) is 2.49. The van der Waals surface area contributed by atoms with Gasteiger partial charge in [0, 0.05) is 18.8 Å². The van der Waals surface area contributed by atoms with Gasteiger partial charge >= 0.3 is 0 Å². The number of H-pyrrole nitrogens is 1. The molecule has 0 amide bonds. The zero-order chi connectivity index (χ0) is 13.4. The summed E-state index contributed by atoms with van der Waals surface area (Å²) in [5.41, 5.74) is 3.08. The monoisotopic (exact) mass is 274 g/mol. The van der Waals surface area contributed by atoms with Crippen LogP contribution in [0.4, 0.5) is 0 Å². The van der Waals surface area contributed by atoms with E-state index in [9.17, 15) is 0 Å². The SMILES string of the molecule is COc1cccc2c1[nH]c(=S)n2Cc1cnn(C)c1. The lowest BCUT2D eigenvalue weighted by Gasteiger charge is -2.04. The highest BCUT2D eigenvalue weighted by atomic mass is 32.1. The highest BCUT2D eigenvalue weighted by Gasteiger charge is 2.09. The lowest BCUT2D eigenvalue weighted by molar-refractivity contribution is 0.419. The molecule has 19 heavy (non-hydrogen) atoms. The summed E-state index contributed by atoms with van der Waals surface area (Å²) < 4.78 is 9.86. The molecule has 0 atom stereocenters. The van der Waals surface area contributed by atoms with Crippen molar-refractivity contribution in [3.05, 3.63) is 40.9 Å². The summed E-state index contributed by atoms with van der Waals surface area (Å²) in [6.45, 7) is 0.694. The number of aryl methyl sites for hydroxylation is 1. The number of para-hydroxylation sites is 1. The molecule has 6 heteroatoms. The van der Waals surface area contributed by atoms with Crippen LogP contribution in [0.1, 0.15) is 5.56 Å². The molecule has 0 aliphatic carbocycles. The number of aromatic nitrogens is 4. The van der Waals surface area contributed by atoms with Gasteiger partial charge in [-0.2, -0.15) is 5.10 Å². The van der Waals surface area contributed by atoms with Gasteiger partial charge in [0.2, 0.25) is 0 Å². The Hall–Kier alpha value is -2.08. The van der Waals surface area contributed by atoms with Crippen molar-refractivity contribution in [2.75, 3.05) is 7.11 Å². The van der Waals surface area contributed by atoms with Crippen molar-refractivity contribution >= 4 is 23.3 Å². The molecule has 0 saturated heterocycles. The number of nitrogens with zero attached hydrogens (tertiary/aromatic N) is 3. The number of benzene rings is 1. The maximum absolute atomic E-state index is 5.39. The molecule has 0 unspecified atom stereocenters. The normalized spacial score (nSPS) is 11.1. The van der Waals surface area contributed by atoms with Crippen molar-refractivity contribution in [2.24, 2.45) is 7.05 Å². The van der Waals surface area contributed by atoms with Crippen molar-refractivity contribution in [3.8, 4) is 5.75 Å². The van der Waals surface area contributed by atoms with E-state index in [2.05, 4.69) is 10.1 Å². The summed E-state index contributed by atoms with van der Waals surface area (Å²) in [6, 6.07) is 5.91. The van der Waals surface area contributed by atoms with Crippen LogP contribution in [-0.4, -0.2) is 26.4 Å². The Balaban J connectivity index is 2.13. The molecule has 5 nitrogen and oxygen atoms in total. The van der Waals surface area contributed by atoms with Gasteiger partial charge in [0.1, 0.15) is 11.3 Å². The van der Waals surface area contributed by atoms with Gasteiger partial charge in [-0.05, 0) is 24.4 Å². The van der Waals surface area contributed by atoms with Crippen molar-refractivity contribution < 1.29 is 4.74 Å². The van der Waals surface area contributed by atoms with E-state index in [4.69, 9.17) is 17.0 Å². The smallest absolute Gasteiger partial charge is 0.178 e. The molecule has 0 saturated carbocycles. The maximum atomic E-state index is 5.39. The molecule has 3 aromatic rings. The highest BCUT2D eigenvalue weighted by molar-refractivity contribution is 7.71. The molecule has 0 aliphatic rings. The average Bonchev–Trinajstić information content (AvgIpc) is 2.94. The van der Waals surface area contributed by atoms with E-state index in [1.807, 2.05) is 42.2 Å². The molecule has 1 aromatic carbocycles. The number of fused-ring (bicyclic) bond motifs is 1. The standard InChI is InChI=1S/C13H14N4OS/c1-16-7-9(6-14-16)8-17-10-4-3-5-11(18-2)12(10)15-13(17)19/h3-7H,8H2,1-2H3,(H,15,19). The largest absolute Gasteiger partial charge is 0.494 e. The van der Waals surface area contributed by atoms with Crippen molar-refractivity contribution in [1.29, 1.82) is 0 Å². The van der Waals surface area contributed by atoms with E-state index in [0.29, 0.717) is 11.3 Å². The number of rotatable bonds is 3. The van der Waals surface area contributed by atoms with Gasteiger partial charge in [-0.3, -0.25) is 4.68 Å². The summed E-state index contributed by atoms with van der Waals surface area (Å²) in [5, 5.41) is 4.18. The Morgan fingerprint density at radius 2 is 2.26 bits per heavy atom. The first-order valence-corrected chi connectivity index (χ1v) is 6.33. The van der Waals surface area contributed by atoms with Crippen molar-refractivity contribution in [3.63, 3.8) is 0 Å². The third-order valence-corrected chi connectivity index (χ3v) is 3.41. The minimum Gasteiger partial charge on any atom is -0.494 e. The van der Waals surface area contributed by atoms with Crippen LogP contribution >= 0.6 is 12.2 Å². The number of hydrogen-bond donors (Lipinski definition) is 1. The molecular formula is C13H14N4OS. The molecule has 0 spiro atoms. The number of methoxy groups -OCH3 is 1. The molecule has 1 N–H and O–H groups in total. The molecule has 0 fully saturated rings. The summed E-state index contributed by atoms with van der Waals surface area (Å²) in [4.78, 5) is 3.20. The van der Waals surface area contributed by atoms with E-state index in [1.54, 1.807) is 11.8 Å². The summed E-state index contributed by atoms with van der Waals surface area (Å²) >= 11 is 5.39. The van der Waals surface area contributed by atoms with Crippen LogP contribution in [0, 0.1) is 4.77 Å². The van der Waals surface area contributed by atoms with E-state index in [1.165, 1.54) is 0 Å². The molecule has 2 heterocycles. The third-order valence-electron chi connectivity index (χ3n) is 3.09. The van der Waals surface area contributed by atoms with E-state index in [-0.39, 0.29) is 0 Å². The number of hydrogen-bond acceptors (Lipinski definition) is 3. The minimum atomic E-state index is 0.684. The number of nitrogens with one attached hydrogen (secondary N) is 1. The zero-order valence-corrected chi connectivity index (χ0v) is 11.6. The van der Waals surface area contributed by atoms with Gasteiger partial charge in [0.25, 0.3) is 0 Å². The molecule has 2 aromatic heterocycles. The molecule has 0 aliphatic heterocycles. The van der Waals surface area contributed by atoms with Crippen molar-refractivity contribution in [1.82, 2.24) is 19.3 Å². The minimum absolute atomic E-state index is 0.684. The lowest BCUT2D eigenvalue weighted by Crippen LogP contribution is -1.98. The van der Waals surface area contributed by atoms with Crippen LogP contribution in [0.3, 0.4) is 0 Å². The molecule has 3 rings (SSSR count). The second kappa shape index (κ2) is 4.55. The number of imidazole rings is 1. The van der Waals surface area contributed by atoms with E-state index < -0.39 is 0 Å². The Labute approximate surface area is 115 Å². The molecule has 0 bridgehead atoms. The van der Waals surface area contributed by atoms with Crippen LogP contribution in [0.2, 0.25) is 0 Å². The second-order valence-corrected chi connectivity index (χ2v) is 4.78. The summed E-state index contributed by atoms with van der Waals surface area (Å²) in [6.07, 6.45) is 3.83. The van der Waals surface area contributed by atoms with Gasteiger partial charge in [-0.25, -0.2) is 0 Å². The fraction of sp³-hybridized carbons (Fsp3) is 0.231. The van der Waals surface area contributed by atoms with Crippen molar-refractivity contribution in [2.45, 2.75) is 6.54 Å². The van der Waals surface area contributed by atoms with Gasteiger partial charge < -0.3 is 14.3 Å². The Morgan fingerprint density at radius 1 is 1.42 bits per heavy atom. The summed E-state index contributed by atoms with van der Waals surface area (Å²) in [7, 11) is 3.56. The maximum Gasteiger partial charge on any atom is 0.178 e.